The predicted octanol–water partition coefficient (Wildman–Crippen LogP) is 0.403. The molecule has 68 valence electrons. The van der Waals surface area contributed by atoms with Gasteiger partial charge in [-0.25, -0.2) is 0 Å². The minimum Gasteiger partial charge on any atom is -0.468 e. The molecule has 1 N–H and O–H groups in total. The number of esters is 1. The zero-order chi connectivity index (χ0) is 8.93. The lowest BCUT2D eigenvalue weighted by molar-refractivity contribution is -0.143. The number of carbonyl (C=O) groups is 1. The number of carbonyl (C=O) groups excluding carboxylic acids is 1. The third-order valence-electron chi connectivity index (χ3n) is 3.51. The van der Waals surface area contributed by atoms with Gasteiger partial charge in [0.15, 0.2) is 0 Å². The minimum absolute atomic E-state index is 0.0463. The van der Waals surface area contributed by atoms with Crippen molar-refractivity contribution in [1.29, 1.82) is 0 Å². The second kappa shape index (κ2) is 2.22. The van der Waals surface area contributed by atoms with Gasteiger partial charge in [-0.05, 0) is 23.8 Å². The third kappa shape index (κ3) is 0.829. The first-order valence-corrected chi connectivity index (χ1v) is 4.40. The van der Waals surface area contributed by atoms with Crippen molar-refractivity contribution in [2.24, 2.45) is 17.3 Å². The molecule has 0 amide bonds. The average molecular weight is 169 g/mol. The van der Waals surface area contributed by atoms with Gasteiger partial charge in [0, 0.05) is 0 Å². The van der Waals surface area contributed by atoms with E-state index >= 15 is 0 Å². The van der Waals surface area contributed by atoms with Crippen LogP contribution in [0, 0.1) is 17.3 Å². The predicted molar refractivity (Wildman–Crippen MR) is 44.6 cm³/mol. The maximum atomic E-state index is 11.3. The van der Waals surface area contributed by atoms with Crippen LogP contribution in [0.5, 0.6) is 0 Å². The average Bonchev–Trinajstić information content (AvgIpc) is 2.52. The molecule has 0 spiro atoms. The van der Waals surface area contributed by atoms with Gasteiger partial charge in [0.25, 0.3) is 0 Å². The van der Waals surface area contributed by atoms with Crippen LogP contribution >= 0.6 is 0 Å². The van der Waals surface area contributed by atoms with Crippen molar-refractivity contribution in [1.82, 2.24) is 5.32 Å². The Kier molecular flexibility index (Phi) is 1.49. The van der Waals surface area contributed by atoms with Gasteiger partial charge in [0.1, 0.15) is 6.04 Å². The van der Waals surface area contributed by atoms with Gasteiger partial charge in [-0.1, -0.05) is 13.8 Å². The van der Waals surface area contributed by atoms with Crippen LogP contribution in [0.4, 0.5) is 0 Å². The number of hydrogen-bond donors (Lipinski definition) is 1. The molecule has 0 aromatic carbocycles. The van der Waals surface area contributed by atoms with E-state index in [4.69, 9.17) is 4.74 Å². The summed E-state index contributed by atoms with van der Waals surface area (Å²) in [6.45, 7) is 5.41. The van der Waals surface area contributed by atoms with Crippen molar-refractivity contribution in [2.45, 2.75) is 19.9 Å². The van der Waals surface area contributed by atoms with Crippen molar-refractivity contribution >= 4 is 5.97 Å². The number of methoxy groups -OCH3 is 1. The third-order valence-corrected chi connectivity index (χ3v) is 3.51. The van der Waals surface area contributed by atoms with Crippen LogP contribution in [-0.4, -0.2) is 25.7 Å². The van der Waals surface area contributed by atoms with E-state index in [1.165, 1.54) is 7.11 Å². The van der Waals surface area contributed by atoms with Crippen molar-refractivity contribution in [3.8, 4) is 0 Å². The Balaban J connectivity index is 2.08. The molecule has 0 aromatic rings. The minimum atomic E-state index is -0.104. The molecular weight excluding hydrogens is 154 g/mol. The lowest BCUT2D eigenvalue weighted by Gasteiger charge is -2.16. The fourth-order valence-corrected chi connectivity index (χ4v) is 2.58. The maximum absolute atomic E-state index is 11.3. The van der Waals surface area contributed by atoms with Gasteiger partial charge in [-0.2, -0.15) is 0 Å². The molecule has 3 nitrogen and oxygen atoms in total. The van der Waals surface area contributed by atoms with Gasteiger partial charge in [0.2, 0.25) is 0 Å². The summed E-state index contributed by atoms with van der Waals surface area (Å²) in [4.78, 5) is 11.3. The number of nitrogens with one attached hydrogen (secondary N) is 1. The van der Waals surface area contributed by atoms with Gasteiger partial charge < -0.3 is 10.1 Å². The van der Waals surface area contributed by atoms with E-state index in [-0.39, 0.29) is 12.0 Å². The van der Waals surface area contributed by atoms with Gasteiger partial charge in [0.05, 0.1) is 7.11 Å². The molecular formula is C9H15NO2. The summed E-state index contributed by atoms with van der Waals surface area (Å²) < 4.78 is 4.72. The highest BCUT2D eigenvalue weighted by atomic mass is 16.5. The molecule has 2 aliphatic rings. The number of rotatable bonds is 1. The Morgan fingerprint density at radius 2 is 2.25 bits per heavy atom. The van der Waals surface area contributed by atoms with Crippen molar-refractivity contribution in [3.63, 3.8) is 0 Å². The van der Waals surface area contributed by atoms with Gasteiger partial charge >= 0.3 is 5.97 Å². The molecule has 1 saturated heterocycles. The molecule has 2 rings (SSSR count). The van der Waals surface area contributed by atoms with Crippen LogP contribution in [-0.2, 0) is 9.53 Å². The Morgan fingerprint density at radius 1 is 1.58 bits per heavy atom. The van der Waals surface area contributed by atoms with Crippen molar-refractivity contribution in [3.05, 3.63) is 0 Å². The molecule has 0 radical (unpaired) electrons. The van der Waals surface area contributed by atoms with E-state index < -0.39 is 0 Å². The smallest absolute Gasteiger partial charge is 0.323 e. The Labute approximate surface area is 72.5 Å². The van der Waals surface area contributed by atoms with E-state index in [1.807, 2.05) is 0 Å². The molecule has 0 bridgehead atoms. The fourth-order valence-electron chi connectivity index (χ4n) is 2.58. The summed E-state index contributed by atoms with van der Waals surface area (Å²) >= 11 is 0. The van der Waals surface area contributed by atoms with E-state index in [9.17, 15) is 4.79 Å². The number of piperidine rings is 1. The van der Waals surface area contributed by atoms with Crippen molar-refractivity contribution < 1.29 is 9.53 Å². The van der Waals surface area contributed by atoms with Crippen LogP contribution < -0.4 is 5.32 Å². The first kappa shape index (κ1) is 8.05. The molecule has 12 heavy (non-hydrogen) atoms. The Morgan fingerprint density at radius 3 is 2.67 bits per heavy atom. The molecule has 1 unspecified atom stereocenters. The summed E-state index contributed by atoms with van der Waals surface area (Å²) in [5.74, 6) is 1.08. The Bertz CT molecular complexity index is 225. The second-order valence-electron chi connectivity index (χ2n) is 4.36. The monoisotopic (exact) mass is 169 g/mol. The SMILES string of the molecule is COC(=O)[C@H]1NC[C@@H]2C1C2(C)C. The number of fused-ring (bicyclic) bond motifs is 1. The fraction of sp³-hybridized carbons (Fsp3) is 0.889. The topological polar surface area (TPSA) is 38.3 Å². The zero-order valence-corrected chi connectivity index (χ0v) is 7.76. The van der Waals surface area contributed by atoms with E-state index in [0.29, 0.717) is 17.3 Å². The standard InChI is InChI=1S/C9H15NO2/c1-9(2)5-4-10-7(6(5)9)8(11)12-3/h5-7,10H,4H2,1-3H3/t5-,6?,7+/m1/s1. The summed E-state index contributed by atoms with van der Waals surface area (Å²) in [5.41, 5.74) is 0.351. The lowest BCUT2D eigenvalue weighted by atomic mass is 10.0. The first-order chi connectivity index (χ1) is 5.59. The highest BCUT2D eigenvalue weighted by Crippen LogP contribution is 2.62. The van der Waals surface area contributed by atoms with E-state index in [0.717, 1.165) is 6.54 Å². The molecule has 0 aromatic heterocycles. The van der Waals surface area contributed by atoms with E-state index in [1.54, 1.807) is 0 Å². The largest absolute Gasteiger partial charge is 0.468 e. The second-order valence-corrected chi connectivity index (χ2v) is 4.36. The zero-order valence-electron chi connectivity index (χ0n) is 7.76. The molecule has 3 atom stereocenters. The maximum Gasteiger partial charge on any atom is 0.323 e. The van der Waals surface area contributed by atoms with Crippen molar-refractivity contribution in [2.75, 3.05) is 13.7 Å². The van der Waals surface area contributed by atoms with Crippen LogP contribution in [0.1, 0.15) is 13.8 Å². The van der Waals surface area contributed by atoms with Crippen LogP contribution in [0.15, 0.2) is 0 Å². The lowest BCUT2D eigenvalue weighted by Crippen LogP contribution is -2.38. The summed E-state index contributed by atoms with van der Waals surface area (Å²) in [7, 11) is 1.45. The molecule has 1 saturated carbocycles. The summed E-state index contributed by atoms with van der Waals surface area (Å²) in [5, 5.41) is 3.19. The summed E-state index contributed by atoms with van der Waals surface area (Å²) in [6.07, 6.45) is 0. The number of ether oxygens (including phenoxy) is 1. The molecule has 2 fully saturated rings. The number of hydrogen-bond acceptors (Lipinski definition) is 3. The van der Waals surface area contributed by atoms with Crippen LogP contribution in [0.25, 0.3) is 0 Å². The van der Waals surface area contributed by atoms with Crippen LogP contribution in [0.2, 0.25) is 0 Å². The molecule has 1 aliphatic carbocycles. The molecule has 3 heteroatoms. The van der Waals surface area contributed by atoms with Gasteiger partial charge in [-0.3, -0.25) is 4.79 Å². The Hall–Kier alpha value is -0.570. The van der Waals surface area contributed by atoms with E-state index in [2.05, 4.69) is 19.2 Å². The molecule has 1 aliphatic heterocycles. The van der Waals surface area contributed by atoms with Gasteiger partial charge in [-0.15, -0.1) is 0 Å². The summed E-state index contributed by atoms with van der Waals surface area (Å²) in [6, 6.07) is -0.0463. The normalized spacial score (nSPS) is 42.1. The molecule has 1 heterocycles. The first-order valence-electron chi connectivity index (χ1n) is 4.40. The van der Waals surface area contributed by atoms with Crippen LogP contribution in [0.3, 0.4) is 0 Å². The highest BCUT2D eigenvalue weighted by Gasteiger charge is 2.66. The quantitative estimate of drug-likeness (QED) is 0.577. The highest BCUT2D eigenvalue weighted by molar-refractivity contribution is 5.77.